The summed E-state index contributed by atoms with van der Waals surface area (Å²) in [5.74, 6) is 0.367. The third kappa shape index (κ3) is 2.61. The van der Waals surface area contributed by atoms with Gasteiger partial charge in [0.2, 0.25) is 5.91 Å². The lowest BCUT2D eigenvalue weighted by atomic mass is 10.0. The first-order valence-electron chi connectivity index (χ1n) is 5.71. The Balaban J connectivity index is 3.14. The molecule has 0 heterocycles. The minimum absolute atomic E-state index is 0.0319. The first kappa shape index (κ1) is 12.7. The first-order chi connectivity index (χ1) is 7.61. The van der Waals surface area contributed by atoms with Crippen molar-refractivity contribution in [1.29, 1.82) is 0 Å². The van der Waals surface area contributed by atoms with Gasteiger partial charge in [-0.15, -0.1) is 0 Å². The Hall–Kier alpha value is -1.35. The van der Waals surface area contributed by atoms with E-state index in [-0.39, 0.29) is 12.5 Å². The van der Waals surface area contributed by atoms with E-state index in [1.807, 2.05) is 25.1 Å². The van der Waals surface area contributed by atoms with Crippen molar-refractivity contribution in [3.63, 3.8) is 0 Å². The van der Waals surface area contributed by atoms with Crippen LogP contribution in [0, 0.1) is 0 Å². The molecule has 0 radical (unpaired) electrons. The molecule has 0 aromatic heterocycles. The number of anilines is 1. The van der Waals surface area contributed by atoms with Crippen LogP contribution >= 0.6 is 0 Å². The van der Waals surface area contributed by atoms with Crippen molar-refractivity contribution in [1.82, 2.24) is 0 Å². The molecule has 1 aromatic rings. The summed E-state index contributed by atoms with van der Waals surface area (Å²) in [5, 5.41) is 0. The molecule has 0 aliphatic heterocycles. The lowest BCUT2D eigenvalue weighted by Crippen LogP contribution is -2.36. The molecule has 0 aliphatic carbocycles. The smallest absolute Gasteiger partial charge is 0.240 e. The highest BCUT2D eigenvalue weighted by Gasteiger charge is 2.16. The largest absolute Gasteiger partial charge is 0.322 e. The molecule has 2 N–H and O–H groups in total. The van der Waals surface area contributed by atoms with Crippen LogP contribution in [0.2, 0.25) is 0 Å². The Morgan fingerprint density at radius 3 is 2.50 bits per heavy atom. The van der Waals surface area contributed by atoms with Gasteiger partial charge in [0.25, 0.3) is 0 Å². The van der Waals surface area contributed by atoms with Crippen molar-refractivity contribution >= 4 is 11.6 Å². The maximum Gasteiger partial charge on any atom is 0.240 e. The Labute approximate surface area is 97.2 Å². The van der Waals surface area contributed by atoms with Crippen molar-refractivity contribution in [2.24, 2.45) is 5.73 Å². The normalized spacial score (nSPS) is 10.6. The molecule has 0 saturated heterocycles. The second kappa shape index (κ2) is 5.66. The van der Waals surface area contributed by atoms with E-state index in [2.05, 4.69) is 19.9 Å². The number of carbonyl (C=O) groups excluding carboxylic acids is 1. The highest BCUT2D eigenvalue weighted by molar-refractivity contribution is 5.95. The van der Waals surface area contributed by atoms with Crippen LogP contribution < -0.4 is 10.6 Å². The predicted octanol–water partition coefficient (Wildman–Crippen LogP) is 2.12. The van der Waals surface area contributed by atoms with Crippen LogP contribution in [-0.4, -0.2) is 19.0 Å². The van der Waals surface area contributed by atoms with Gasteiger partial charge >= 0.3 is 0 Å². The molecule has 1 amide bonds. The molecule has 88 valence electrons. The number of nitrogens with two attached hydrogens (primary N) is 1. The highest BCUT2D eigenvalue weighted by Crippen LogP contribution is 2.27. The van der Waals surface area contributed by atoms with E-state index in [9.17, 15) is 4.79 Å². The summed E-state index contributed by atoms with van der Waals surface area (Å²) in [7, 11) is 0. The van der Waals surface area contributed by atoms with Crippen molar-refractivity contribution in [3.8, 4) is 0 Å². The molecule has 0 saturated carbocycles. The summed E-state index contributed by atoms with van der Waals surface area (Å²) in [6.07, 6.45) is 0. The van der Waals surface area contributed by atoms with E-state index in [4.69, 9.17) is 5.73 Å². The Morgan fingerprint density at radius 2 is 2.00 bits per heavy atom. The van der Waals surface area contributed by atoms with E-state index < -0.39 is 0 Å². The van der Waals surface area contributed by atoms with Gasteiger partial charge in [0.05, 0.1) is 6.54 Å². The standard InChI is InChI=1S/C13H20N2O/c1-4-15(13(16)9-14)12-8-6-5-7-11(12)10(2)3/h5-8,10H,4,9,14H2,1-3H3. The fraction of sp³-hybridized carbons (Fsp3) is 0.462. The van der Waals surface area contributed by atoms with Gasteiger partial charge in [-0.25, -0.2) is 0 Å². The van der Waals surface area contributed by atoms with Gasteiger partial charge in [-0.2, -0.15) is 0 Å². The minimum atomic E-state index is -0.0319. The number of benzene rings is 1. The zero-order valence-corrected chi connectivity index (χ0v) is 10.2. The molecule has 3 nitrogen and oxygen atoms in total. The van der Waals surface area contributed by atoms with Gasteiger partial charge in [-0.3, -0.25) is 4.79 Å². The maximum atomic E-state index is 11.7. The van der Waals surface area contributed by atoms with Gasteiger partial charge in [0.1, 0.15) is 0 Å². The third-order valence-corrected chi connectivity index (χ3v) is 2.64. The molecule has 0 fully saturated rings. The van der Waals surface area contributed by atoms with Crippen molar-refractivity contribution in [2.75, 3.05) is 18.0 Å². The zero-order chi connectivity index (χ0) is 12.1. The second-order valence-corrected chi connectivity index (χ2v) is 4.06. The van der Waals surface area contributed by atoms with Crippen LogP contribution in [0.25, 0.3) is 0 Å². The van der Waals surface area contributed by atoms with Crippen LogP contribution in [0.4, 0.5) is 5.69 Å². The number of amides is 1. The Bertz CT molecular complexity index is 361. The molecule has 16 heavy (non-hydrogen) atoms. The fourth-order valence-corrected chi connectivity index (χ4v) is 1.81. The second-order valence-electron chi connectivity index (χ2n) is 4.06. The van der Waals surface area contributed by atoms with E-state index in [1.54, 1.807) is 4.90 Å². The number of para-hydroxylation sites is 1. The average Bonchev–Trinajstić information content (AvgIpc) is 2.30. The molecular weight excluding hydrogens is 200 g/mol. The molecule has 0 aliphatic rings. The average molecular weight is 220 g/mol. The van der Waals surface area contributed by atoms with Crippen LogP contribution in [0.3, 0.4) is 0 Å². The summed E-state index contributed by atoms with van der Waals surface area (Å²) in [4.78, 5) is 13.5. The maximum absolute atomic E-state index is 11.7. The van der Waals surface area contributed by atoms with Gasteiger partial charge in [-0.1, -0.05) is 32.0 Å². The molecule has 0 atom stereocenters. The number of hydrogen-bond acceptors (Lipinski definition) is 2. The monoisotopic (exact) mass is 220 g/mol. The quantitative estimate of drug-likeness (QED) is 0.844. The van der Waals surface area contributed by atoms with E-state index in [0.29, 0.717) is 12.5 Å². The summed E-state index contributed by atoms with van der Waals surface area (Å²) in [6.45, 7) is 6.92. The molecule has 0 unspecified atom stereocenters. The topological polar surface area (TPSA) is 46.3 Å². The molecule has 3 heteroatoms. The molecule has 0 spiro atoms. The fourth-order valence-electron chi connectivity index (χ4n) is 1.81. The van der Waals surface area contributed by atoms with Gasteiger partial charge < -0.3 is 10.6 Å². The lowest BCUT2D eigenvalue weighted by Gasteiger charge is -2.24. The number of hydrogen-bond donors (Lipinski definition) is 1. The number of nitrogens with zero attached hydrogens (tertiary/aromatic N) is 1. The third-order valence-electron chi connectivity index (χ3n) is 2.64. The van der Waals surface area contributed by atoms with Crippen LogP contribution in [0.1, 0.15) is 32.3 Å². The van der Waals surface area contributed by atoms with E-state index in [1.165, 1.54) is 5.56 Å². The molecule has 1 aromatic carbocycles. The number of rotatable bonds is 4. The Kier molecular flexibility index (Phi) is 4.50. The SMILES string of the molecule is CCN(C(=O)CN)c1ccccc1C(C)C. The predicted molar refractivity (Wildman–Crippen MR) is 67.6 cm³/mol. The summed E-state index contributed by atoms with van der Waals surface area (Å²) >= 11 is 0. The van der Waals surface area contributed by atoms with Crippen molar-refractivity contribution in [2.45, 2.75) is 26.7 Å². The summed E-state index contributed by atoms with van der Waals surface area (Å²) < 4.78 is 0. The van der Waals surface area contributed by atoms with Crippen LogP contribution in [0.5, 0.6) is 0 Å². The van der Waals surface area contributed by atoms with Crippen LogP contribution in [-0.2, 0) is 4.79 Å². The summed E-state index contributed by atoms with van der Waals surface area (Å²) in [5.41, 5.74) is 7.59. The summed E-state index contributed by atoms with van der Waals surface area (Å²) in [6, 6.07) is 7.99. The van der Waals surface area contributed by atoms with Gasteiger partial charge in [-0.05, 0) is 24.5 Å². The number of carbonyl (C=O) groups is 1. The molecule has 1 rings (SSSR count). The Morgan fingerprint density at radius 1 is 1.38 bits per heavy atom. The van der Waals surface area contributed by atoms with Gasteiger partial charge in [0, 0.05) is 12.2 Å². The highest BCUT2D eigenvalue weighted by atomic mass is 16.2. The zero-order valence-electron chi connectivity index (χ0n) is 10.2. The van der Waals surface area contributed by atoms with Gasteiger partial charge in [0.15, 0.2) is 0 Å². The van der Waals surface area contributed by atoms with Crippen molar-refractivity contribution < 1.29 is 4.79 Å². The van der Waals surface area contributed by atoms with Crippen LogP contribution in [0.15, 0.2) is 24.3 Å². The molecular formula is C13H20N2O. The lowest BCUT2D eigenvalue weighted by molar-refractivity contribution is -0.117. The molecule has 0 bridgehead atoms. The van der Waals surface area contributed by atoms with E-state index in [0.717, 1.165) is 5.69 Å². The number of likely N-dealkylation sites (N-methyl/N-ethyl adjacent to an activating group) is 1. The minimum Gasteiger partial charge on any atom is -0.322 e. The first-order valence-corrected chi connectivity index (χ1v) is 5.71. The van der Waals surface area contributed by atoms with Crippen molar-refractivity contribution in [3.05, 3.63) is 29.8 Å². The van der Waals surface area contributed by atoms with E-state index >= 15 is 0 Å².